The summed E-state index contributed by atoms with van der Waals surface area (Å²) in [6.45, 7) is 1.26. The second kappa shape index (κ2) is 5.98. The summed E-state index contributed by atoms with van der Waals surface area (Å²) in [7, 11) is 2.18. The van der Waals surface area contributed by atoms with Crippen LogP contribution in [-0.4, -0.2) is 23.9 Å². The topological polar surface area (TPSA) is 3.24 Å². The Morgan fingerprint density at radius 3 is 2.50 bits per heavy atom. The standard InChI is InChI=1S/C10H20BrN/c1-12(9-11)8-7-10-5-3-2-4-6-10/h10H,2-9H2,1H3. The molecule has 0 heterocycles. The van der Waals surface area contributed by atoms with Crippen LogP contribution in [0.4, 0.5) is 0 Å². The van der Waals surface area contributed by atoms with Gasteiger partial charge in [0.2, 0.25) is 0 Å². The first-order valence-corrected chi connectivity index (χ1v) is 6.19. The summed E-state index contributed by atoms with van der Waals surface area (Å²) in [5, 5.41) is 0. The molecule has 0 atom stereocenters. The van der Waals surface area contributed by atoms with Gasteiger partial charge in [-0.2, -0.15) is 0 Å². The van der Waals surface area contributed by atoms with Crippen molar-refractivity contribution in [2.24, 2.45) is 5.92 Å². The molecule has 0 spiro atoms. The van der Waals surface area contributed by atoms with Gasteiger partial charge in [-0.3, -0.25) is 4.90 Å². The van der Waals surface area contributed by atoms with E-state index in [2.05, 4.69) is 27.9 Å². The number of hydrogen-bond acceptors (Lipinski definition) is 1. The Labute approximate surface area is 84.6 Å². The van der Waals surface area contributed by atoms with Gasteiger partial charge < -0.3 is 0 Å². The molecule has 0 amide bonds. The van der Waals surface area contributed by atoms with Gasteiger partial charge in [-0.25, -0.2) is 0 Å². The van der Waals surface area contributed by atoms with Crippen molar-refractivity contribution in [1.82, 2.24) is 4.90 Å². The summed E-state index contributed by atoms with van der Waals surface area (Å²) in [5.41, 5.74) is 1.01. The van der Waals surface area contributed by atoms with Gasteiger partial charge in [0.25, 0.3) is 0 Å². The highest BCUT2D eigenvalue weighted by Crippen LogP contribution is 2.26. The lowest BCUT2D eigenvalue weighted by Gasteiger charge is -2.23. The maximum absolute atomic E-state index is 3.47. The highest BCUT2D eigenvalue weighted by Gasteiger charge is 2.13. The van der Waals surface area contributed by atoms with Gasteiger partial charge in [-0.15, -0.1) is 0 Å². The highest BCUT2D eigenvalue weighted by atomic mass is 79.9. The normalized spacial score (nSPS) is 20.2. The molecule has 0 aromatic heterocycles. The minimum Gasteiger partial charge on any atom is -0.297 e. The van der Waals surface area contributed by atoms with Crippen molar-refractivity contribution in [3.05, 3.63) is 0 Å². The summed E-state index contributed by atoms with van der Waals surface area (Å²) in [6.07, 6.45) is 8.80. The van der Waals surface area contributed by atoms with Crippen LogP contribution in [0.3, 0.4) is 0 Å². The van der Waals surface area contributed by atoms with E-state index in [1.165, 1.54) is 45.1 Å². The first kappa shape index (κ1) is 10.5. The Balaban J connectivity index is 2.05. The van der Waals surface area contributed by atoms with Gasteiger partial charge in [0.1, 0.15) is 0 Å². The Kier molecular flexibility index (Phi) is 5.24. The number of halogens is 1. The van der Waals surface area contributed by atoms with E-state index in [0.29, 0.717) is 0 Å². The van der Waals surface area contributed by atoms with E-state index in [0.717, 1.165) is 11.4 Å². The van der Waals surface area contributed by atoms with Crippen LogP contribution in [0.2, 0.25) is 0 Å². The molecule has 1 fully saturated rings. The fourth-order valence-electron chi connectivity index (χ4n) is 1.94. The summed E-state index contributed by atoms with van der Waals surface area (Å²) in [6, 6.07) is 0. The highest BCUT2D eigenvalue weighted by molar-refractivity contribution is 9.09. The lowest BCUT2D eigenvalue weighted by Crippen LogP contribution is -2.20. The van der Waals surface area contributed by atoms with E-state index >= 15 is 0 Å². The molecule has 72 valence electrons. The molecule has 1 nitrogen and oxygen atoms in total. The number of hydrogen-bond donors (Lipinski definition) is 0. The van der Waals surface area contributed by atoms with Crippen molar-refractivity contribution in [2.75, 3.05) is 19.0 Å². The molecule has 2 heteroatoms. The Morgan fingerprint density at radius 1 is 1.25 bits per heavy atom. The molecule has 0 aliphatic heterocycles. The number of nitrogens with zero attached hydrogens (tertiary/aromatic N) is 1. The van der Waals surface area contributed by atoms with E-state index in [1.807, 2.05) is 0 Å². The minimum atomic E-state index is 1.01. The van der Waals surface area contributed by atoms with Crippen LogP contribution >= 0.6 is 15.9 Å². The SMILES string of the molecule is CN(CBr)CCC1CCCCC1. The maximum Gasteiger partial charge on any atom is 0.0539 e. The predicted molar refractivity (Wildman–Crippen MR) is 57.6 cm³/mol. The largest absolute Gasteiger partial charge is 0.297 e. The van der Waals surface area contributed by atoms with Gasteiger partial charge in [-0.05, 0) is 25.9 Å². The van der Waals surface area contributed by atoms with Crippen LogP contribution in [0, 0.1) is 5.92 Å². The maximum atomic E-state index is 3.47. The Hall–Kier alpha value is 0.440. The number of alkyl halides is 1. The smallest absolute Gasteiger partial charge is 0.0539 e. The van der Waals surface area contributed by atoms with E-state index in [9.17, 15) is 0 Å². The lowest BCUT2D eigenvalue weighted by molar-refractivity contribution is 0.287. The first-order chi connectivity index (χ1) is 5.83. The molecule has 0 saturated heterocycles. The molecule has 0 bridgehead atoms. The molecule has 1 rings (SSSR count). The molecule has 12 heavy (non-hydrogen) atoms. The molecule has 0 aromatic carbocycles. The van der Waals surface area contributed by atoms with Crippen LogP contribution in [0.5, 0.6) is 0 Å². The van der Waals surface area contributed by atoms with Crippen LogP contribution in [0.1, 0.15) is 38.5 Å². The monoisotopic (exact) mass is 233 g/mol. The van der Waals surface area contributed by atoms with Crippen LogP contribution in [0.25, 0.3) is 0 Å². The van der Waals surface area contributed by atoms with Gasteiger partial charge in [0, 0.05) is 0 Å². The quantitative estimate of drug-likeness (QED) is 0.533. The Bertz CT molecular complexity index is 110. The summed E-state index contributed by atoms with van der Waals surface area (Å²) < 4.78 is 0. The molecular weight excluding hydrogens is 214 g/mol. The second-order valence-electron chi connectivity index (χ2n) is 3.99. The molecule has 0 radical (unpaired) electrons. The van der Waals surface area contributed by atoms with E-state index in [1.54, 1.807) is 0 Å². The molecule has 0 unspecified atom stereocenters. The van der Waals surface area contributed by atoms with Crippen molar-refractivity contribution in [3.63, 3.8) is 0 Å². The Morgan fingerprint density at radius 2 is 1.92 bits per heavy atom. The summed E-state index contributed by atoms with van der Waals surface area (Å²) in [4.78, 5) is 2.34. The average molecular weight is 234 g/mol. The van der Waals surface area contributed by atoms with Crippen molar-refractivity contribution in [2.45, 2.75) is 38.5 Å². The zero-order chi connectivity index (χ0) is 8.81. The van der Waals surface area contributed by atoms with Gasteiger partial charge in [0.05, 0.1) is 5.45 Å². The predicted octanol–water partition coefficient (Wildman–Crippen LogP) is 3.24. The van der Waals surface area contributed by atoms with E-state index in [-0.39, 0.29) is 0 Å². The zero-order valence-electron chi connectivity index (χ0n) is 8.06. The van der Waals surface area contributed by atoms with Crippen LogP contribution < -0.4 is 0 Å². The van der Waals surface area contributed by atoms with Gasteiger partial charge >= 0.3 is 0 Å². The molecule has 1 aliphatic carbocycles. The lowest BCUT2D eigenvalue weighted by atomic mass is 9.87. The zero-order valence-corrected chi connectivity index (χ0v) is 9.65. The van der Waals surface area contributed by atoms with Gasteiger partial charge in [0.15, 0.2) is 0 Å². The van der Waals surface area contributed by atoms with Crippen molar-refractivity contribution < 1.29 is 0 Å². The fourth-order valence-corrected chi connectivity index (χ4v) is 2.19. The second-order valence-corrected chi connectivity index (χ2v) is 4.49. The molecular formula is C10H20BrN. The van der Waals surface area contributed by atoms with Crippen molar-refractivity contribution in [1.29, 1.82) is 0 Å². The summed E-state index contributed by atoms with van der Waals surface area (Å²) in [5.74, 6) is 1.03. The fraction of sp³-hybridized carbons (Fsp3) is 1.00. The van der Waals surface area contributed by atoms with Gasteiger partial charge in [-0.1, -0.05) is 48.0 Å². The molecule has 1 saturated carbocycles. The summed E-state index contributed by atoms with van der Waals surface area (Å²) >= 11 is 3.47. The number of rotatable bonds is 4. The van der Waals surface area contributed by atoms with Crippen molar-refractivity contribution in [3.8, 4) is 0 Å². The van der Waals surface area contributed by atoms with E-state index < -0.39 is 0 Å². The minimum absolute atomic E-state index is 1.01. The van der Waals surface area contributed by atoms with E-state index in [4.69, 9.17) is 0 Å². The van der Waals surface area contributed by atoms with Crippen LogP contribution in [-0.2, 0) is 0 Å². The van der Waals surface area contributed by atoms with Crippen LogP contribution in [0.15, 0.2) is 0 Å². The molecule has 1 aliphatic rings. The first-order valence-electron chi connectivity index (χ1n) is 5.07. The average Bonchev–Trinajstić information content (AvgIpc) is 2.16. The molecule has 0 N–H and O–H groups in total. The third-order valence-corrected chi connectivity index (χ3v) is 3.70. The molecule has 0 aromatic rings. The third-order valence-electron chi connectivity index (χ3n) is 2.85. The van der Waals surface area contributed by atoms with Crippen molar-refractivity contribution >= 4 is 15.9 Å². The third kappa shape index (κ3) is 3.90.